The molecule has 2 rings (SSSR count). The molecule has 0 bridgehead atoms. The van der Waals surface area contributed by atoms with E-state index in [2.05, 4.69) is 0 Å². The largest absolute Gasteiger partial charge is 0.456 e. The van der Waals surface area contributed by atoms with Crippen molar-refractivity contribution in [1.29, 1.82) is 0 Å². The summed E-state index contributed by atoms with van der Waals surface area (Å²) >= 11 is 6.09. The lowest BCUT2D eigenvalue weighted by molar-refractivity contribution is 0.173. The number of aryl methyl sites for hydroxylation is 1. The van der Waals surface area contributed by atoms with Crippen molar-refractivity contribution in [3.05, 3.63) is 58.6 Å². The third-order valence-corrected chi connectivity index (χ3v) is 3.28. The zero-order chi connectivity index (χ0) is 13.8. The van der Waals surface area contributed by atoms with Gasteiger partial charge >= 0.3 is 0 Å². The van der Waals surface area contributed by atoms with Crippen molar-refractivity contribution in [2.75, 3.05) is 0 Å². The summed E-state index contributed by atoms with van der Waals surface area (Å²) < 4.78 is 5.74. The summed E-state index contributed by atoms with van der Waals surface area (Å²) in [6.07, 6.45) is 0.279. The van der Waals surface area contributed by atoms with Gasteiger partial charge < -0.3 is 9.84 Å². The molecule has 19 heavy (non-hydrogen) atoms. The second kappa shape index (κ2) is 6.09. The Morgan fingerprint density at radius 1 is 1.16 bits per heavy atom. The van der Waals surface area contributed by atoms with Gasteiger partial charge in [0.25, 0.3) is 0 Å². The minimum Gasteiger partial charge on any atom is -0.456 e. The first-order valence-corrected chi connectivity index (χ1v) is 6.70. The molecule has 0 aliphatic carbocycles. The Kier molecular flexibility index (Phi) is 4.46. The van der Waals surface area contributed by atoms with Crippen LogP contribution in [0.5, 0.6) is 11.5 Å². The van der Waals surface area contributed by atoms with E-state index in [1.807, 2.05) is 56.3 Å². The van der Waals surface area contributed by atoms with E-state index in [0.29, 0.717) is 22.9 Å². The molecule has 0 amide bonds. The molecule has 1 unspecified atom stereocenters. The number of aliphatic hydroxyl groups excluding tert-OH is 1. The molecular formula is C16H17ClO2. The first kappa shape index (κ1) is 13.9. The summed E-state index contributed by atoms with van der Waals surface area (Å²) in [5, 5.41) is 10.3. The number of rotatable bonds is 4. The number of hydrogen-bond acceptors (Lipinski definition) is 2. The summed E-state index contributed by atoms with van der Waals surface area (Å²) in [7, 11) is 0. The standard InChI is InChI=1S/C16H17ClO2/c1-3-15(18)12-5-7-13(8-6-12)19-16-10-11(2)4-9-14(16)17/h4-10,15,18H,3H2,1-2H3. The monoisotopic (exact) mass is 276 g/mol. The third-order valence-electron chi connectivity index (χ3n) is 2.97. The average Bonchev–Trinajstić information content (AvgIpc) is 2.43. The van der Waals surface area contributed by atoms with E-state index in [9.17, 15) is 5.11 Å². The Labute approximate surface area is 118 Å². The summed E-state index contributed by atoms with van der Waals surface area (Å²) in [4.78, 5) is 0. The van der Waals surface area contributed by atoms with Crippen LogP contribution in [-0.2, 0) is 0 Å². The fourth-order valence-corrected chi connectivity index (χ4v) is 1.97. The quantitative estimate of drug-likeness (QED) is 0.862. The van der Waals surface area contributed by atoms with E-state index in [-0.39, 0.29) is 0 Å². The van der Waals surface area contributed by atoms with Crippen LogP contribution in [0.15, 0.2) is 42.5 Å². The Morgan fingerprint density at radius 2 is 1.84 bits per heavy atom. The second-order valence-corrected chi connectivity index (χ2v) is 4.94. The fourth-order valence-electron chi connectivity index (χ4n) is 1.81. The molecule has 1 N–H and O–H groups in total. The zero-order valence-corrected chi connectivity index (χ0v) is 11.8. The summed E-state index contributed by atoms with van der Waals surface area (Å²) in [6, 6.07) is 13.1. The normalized spacial score (nSPS) is 12.2. The maximum atomic E-state index is 9.73. The molecule has 0 radical (unpaired) electrons. The van der Waals surface area contributed by atoms with Crippen molar-refractivity contribution in [2.45, 2.75) is 26.4 Å². The molecule has 1 atom stereocenters. The molecule has 0 aliphatic rings. The SMILES string of the molecule is CCC(O)c1ccc(Oc2cc(C)ccc2Cl)cc1. The molecule has 0 aliphatic heterocycles. The minimum absolute atomic E-state index is 0.420. The Balaban J connectivity index is 2.17. The zero-order valence-electron chi connectivity index (χ0n) is 11.1. The topological polar surface area (TPSA) is 29.5 Å². The maximum absolute atomic E-state index is 9.73. The van der Waals surface area contributed by atoms with Gasteiger partial charge in [0.15, 0.2) is 0 Å². The van der Waals surface area contributed by atoms with Gasteiger partial charge in [0, 0.05) is 0 Å². The van der Waals surface area contributed by atoms with E-state index in [1.165, 1.54) is 0 Å². The van der Waals surface area contributed by atoms with Crippen LogP contribution >= 0.6 is 11.6 Å². The Morgan fingerprint density at radius 3 is 2.47 bits per heavy atom. The van der Waals surface area contributed by atoms with Crippen molar-refractivity contribution in [2.24, 2.45) is 0 Å². The third kappa shape index (κ3) is 3.49. The maximum Gasteiger partial charge on any atom is 0.146 e. The van der Waals surface area contributed by atoms with Crippen LogP contribution in [0, 0.1) is 6.92 Å². The van der Waals surface area contributed by atoms with Crippen molar-refractivity contribution >= 4 is 11.6 Å². The smallest absolute Gasteiger partial charge is 0.146 e. The predicted molar refractivity (Wildman–Crippen MR) is 78.0 cm³/mol. The number of ether oxygens (including phenoxy) is 1. The Bertz CT molecular complexity index is 549. The van der Waals surface area contributed by atoms with Crippen molar-refractivity contribution in [3.63, 3.8) is 0 Å². The van der Waals surface area contributed by atoms with Gasteiger partial charge in [-0.3, -0.25) is 0 Å². The number of aliphatic hydroxyl groups is 1. The van der Waals surface area contributed by atoms with Crippen LogP contribution in [0.2, 0.25) is 5.02 Å². The van der Waals surface area contributed by atoms with Gasteiger partial charge in [-0.15, -0.1) is 0 Å². The number of hydrogen-bond donors (Lipinski definition) is 1. The summed E-state index contributed by atoms with van der Waals surface area (Å²) in [5.74, 6) is 1.35. The molecule has 0 aromatic heterocycles. The van der Waals surface area contributed by atoms with Crippen LogP contribution in [0.4, 0.5) is 0 Å². The highest BCUT2D eigenvalue weighted by molar-refractivity contribution is 6.32. The molecular weight excluding hydrogens is 260 g/mol. The molecule has 0 fully saturated rings. The van der Waals surface area contributed by atoms with E-state index in [1.54, 1.807) is 0 Å². The number of benzene rings is 2. The van der Waals surface area contributed by atoms with E-state index >= 15 is 0 Å². The molecule has 2 nitrogen and oxygen atoms in total. The molecule has 0 saturated carbocycles. The highest BCUT2D eigenvalue weighted by Crippen LogP contribution is 2.30. The molecule has 2 aromatic rings. The molecule has 2 aromatic carbocycles. The molecule has 0 spiro atoms. The Hall–Kier alpha value is -1.51. The lowest BCUT2D eigenvalue weighted by Crippen LogP contribution is -1.94. The molecule has 3 heteroatoms. The number of halogens is 1. The van der Waals surface area contributed by atoms with Crippen molar-refractivity contribution < 1.29 is 9.84 Å². The van der Waals surface area contributed by atoms with Gasteiger partial charge in [0.2, 0.25) is 0 Å². The van der Waals surface area contributed by atoms with Crippen LogP contribution < -0.4 is 4.74 Å². The first-order chi connectivity index (χ1) is 9.10. The van der Waals surface area contributed by atoms with Gasteiger partial charge in [-0.05, 0) is 48.7 Å². The lowest BCUT2D eigenvalue weighted by atomic mass is 10.1. The van der Waals surface area contributed by atoms with Crippen LogP contribution in [0.25, 0.3) is 0 Å². The van der Waals surface area contributed by atoms with Crippen molar-refractivity contribution in [1.82, 2.24) is 0 Å². The highest BCUT2D eigenvalue weighted by Gasteiger charge is 2.06. The molecule has 100 valence electrons. The van der Waals surface area contributed by atoms with Gasteiger partial charge in [-0.1, -0.05) is 36.7 Å². The van der Waals surface area contributed by atoms with Crippen LogP contribution in [-0.4, -0.2) is 5.11 Å². The van der Waals surface area contributed by atoms with Crippen molar-refractivity contribution in [3.8, 4) is 11.5 Å². The minimum atomic E-state index is -0.420. The summed E-state index contributed by atoms with van der Waals surface area (Å²) in [5.41, 5.74) is 1.99. The fraction of sp³-hybridized carbons (Fsp3) is 0.250. The highest BCUT2D eigenvalue weighted by atomic mass is 35.5. The van der Waals surface area contributed by atoms with E-state index in [4.69, 9.17) is 16.3 Å². The molecule has 0 saturated heterocycles. The van der Waals surface area contributed by atoms with Crippen LogP contribution in [0.3, 0.4) is 0 Å². The van der Waals surface area contributed by atoms with Crippen LogP contribution in [0.1, 0.15) is 30.6 Å². The second-order valence-electron chi connectivity index (χ2n) is 4.53. The van der Waals surface area contributed by atoms with Gasteiger partial charge in [0.1, 0.15) is 11.5 Å². The van der Waals surface area contributed by atoms with Gasteiger partial charge in [-0.2, -0.15) is 0 Å². The average molecular weight is 277 g/mol. The first-order valence-electron chi connectivity index (χ1n) is 6.32. The van der Waals surface area contributed by atoms with E-state index < -0.39 is 6.10 Å². The molecule has 0 heterocycles. The predicted octanol–water partition coefficient (Wildman–Crippen LogP) is 4.88. The van der Waals surface area contributed by atoms with Gasteiger partial charge in [0.05, 0.1) is 11.1 Å². The lowest BCUT2D eigenvalue weighted by Gasteiger charge is -2.11. The summed E-state index contributed by atoms with van der Waals surface area (Å²) in [6.45, 7) is 3.94. The van der Waals surface area contributed by atoms with E-state index in [0.717, 1.165) is 11.1 Å². The van der Waals surface area contributed by atoms with Gasteiger partial charge in [-0.25, -0.2) is 0 Å².